The molecule has 4 heterocycles. The van der Waals surface area contributed by atoms with Gasteiger partial charge in [-0.3, -0.25) is 9.69 Å². The SMILES string of the molecule is O=C1NCCN(Cc2csc(-c3ccoc3)n2)[C@@H]1c1cccs1. The summed E-state index contributed by atoms with van der Waals surface area (Å²) >= 11 is 3.22. The summed E-state index contributed by atoms with van der Waals surface area (Å²) in [7, 11) is 0. The summed E-state index contributed by atoms with van der Waals surface area (Å²) in [5.74, 6) is 0.0731. The van der Waals surface area contributed by atoms with Gasteiger partial charge in [-0.15, -0.1) is 22.7 Å². The first-order chi connectivity index (χ1) is 11.3. The molecular weight excluding hydrogens is 330 g/mol. The highest BCUT2D eigenvalue weighted by Crippen LogP contribution is 2.30. The highest BCUT2D eigenvalue weighted by Gasteiger charge is 2.32. The van der Waals surface area contributed by atoms with Crippen LogP contribution in [0.3, 0.4) is 0 Å². The van der Waals surface area contributed by atoms with Gasteiger partial charge in [-0.25, -0.2) is 4.98 Å². The average molecular weight is 345 g/mol. The summed E-state index contributed by atoms with van der Waals surface area (Å²) in [5, 5.41) is 7.97. The molecule has 0 unspecified atom stereocenters. The number of aromatic nitrogens is 1. The maximum atomic E-state index is 12.3. The molecule has 7 heteroatoms. The number of nitrogens with one attached hydrogen (secondary N) is 1. The van der Waals surface area contributed by atoms with Crippen molar-refractivity contribution >= 4 is 28.6 Å². The van der Waals surface area contributed by atoms with Crippen LogP contribution in [0.1, 0.15) is 16.6 Å². The number of carbonyl (C=O) groups excluding carboxylic acids is 1. The Kier molecular flexibility index (Phi) is 3.99. The molecule has 0 aromatic carbocycles. The molecule has 0 bridgehead atoms. The number of amides is 1. The van der Waals surface area contributed by atoms with E-state index in [1.54, 1.807) is 35.2 Å². The monoisotopic (exact) mass is 345 g/mol. The Morgan fingerprint density at radius 3 is 3.13 bits per heavy atom. The van der Waals surface area contributed by atoms with Crippen molar-refractivity contribution in [2.45, 2.75) is 12.6 Å². The summed E-state index contributed by atoms with van der Waals surface area (Å²) in [6, 6.07) is 5.69. The van der Waals surface area contributed by atoms with Crippen molar-refractivity contribution in [3.05, 3.63) is 52.1 Å². The lowest BCUT2D eigenvalue weighted by Crippen LogP contribution is -2.49. The first-order valence-corrected chi connectivity index (χ1v) is 9.09. The lowest BCUT2D eigenvalue weighted by molar-refractivity contribution is -0.129. The number of hydrogen-bond acceptors (Lipinski definition) is 6. The Morgan fingerprint density at radius 2 is 2.35 bits per heavy atom. The van der Waals surface area contributed by atoms with E-state index in [4.69, 9.17) is 4.42 Å². The molecule has 5 nitrogen and oxygen atoms in total. The van der Waals surface area contributed by atoms with Crippen molar-refractivity contribution < 1.29 is 9.21 Å². The smallest absolute Gasteiger partial charge is 0.242 e. The molecule has 1 fully saturated rings. The molecule has 0 spiro atoms. The molecule has 1 aliphatic heterocycles. The van der Waals surface area contributed by atoms with E-state index in [1.807, 2.05) is 23.6 Å². The van der Waals surface area contributed by atoms with Crippen molar-refractivity contribution in [1.82, 2.24) is 15.2 Å². The molecule has 4 rings (SSSR count). The van der Waals surface area contributed by atoms with Crippen molar-refractivity contribution in [2.75, 3.05) is 13.1 Å². The van der Waals surface area contributed by atoms with Crippen LogP contribution in [0.5, 0.6) is 0 Å². The van der Waals surface area contributed by atoms with Crippen molar-refractivity contribution in [1.29, 1.82) is 0 Å². The normalized spacial score (nSPS) is 19.0. The van der Waals surface area contributed by atoms with E-state index in [0.29, 0.717) is 13.1 Å². The van der Waals surface area contributed by atoms with E-state index in [2.05, 4.69) is 20.6 Å². The van der Waals surface area contributed by atoms with Gasteiger partial charge in [0.25, 0.3) is 0 Å². The van der Waals surface area contributed by atoms with Gasteiger partial charge in [0.1, 0.15) is 17.3 Å². The zero-order valence-corrected chi connectivity index (χ0v) is 13.9. The van der Waals surface area contributed by atoms with Crippen LogP contribution < -0.4 is 5.32 Å². The minimum atomic E-state index is -0.220. The molecule has 1 N–H and O–H groups in total. The minimum absolute atomic E-state index is 0.0731. The molecule has 1 aliphatic rings. The maximum Gasteiger partial charge on any atom is 0.242 e. The summed E-state index contributed by atoms with van der Waals surface area (Å²) in [6.07, 6.45) is 3.35. The Labute approximate surface area is 141 Å². The molecule has 1 saturated heterocycles. The van der Waals surface area contributed by atoms with Crippen LogP contribution in [0.15, 0.2) is 45.9 Å². The van der Waals surface area contributed by atoms with Crippen molar-refractivity contribution in [3.63, 3.8) is 0 Å². The third kappa shape index (κ3) is 2.95. The van der Waals surface area contributed by atoms with Gasteiger partial charge in [0, 0.05) is 35.5 Å². The van der Waals surface area contributed by atoms with E-state index >= 15 is 0 Å². The molecule has 1 amide bonds. The predicted octanol–water partition coefficient (Wildman–Crippen LogP) is 3.14. The second-order valence-corrected chi connectivity index (χ2v) is 7.17. The van der Waals surface area contributed by atoms with E-state index < -0.39 is 0 Å². The van der Waals surface area contributed by atoms with Crippen LogP contribution in [0.2, 0.25) is 0 Å². The van der Waals surface area contributed by atoms with Gasteiger partial charge >= 0.3 is 0 Å². The van der Waals surface area contributed by atoms with E-state index in [1.165, 1.54) is 0 Å². The Morgan fingerprint density at radius 1 is 1.39 bits per heavy atom. The van der Waals surface area contributed by atoms with Crippen LogP contribution in [-0.2, 0) is 11.3 Å². The van der Waals surface area contributed by atoms with Crippen LogP contribution >= 0.6 is 22.7 Å². The van der Waals surface area contributed by atoms with Crippen LogP contribution in [0.4, 0.5) is 0 Å². The fourth-order valence-electron chi connectivity index (χ4n) is 2.75. The van der Waals surface area contributed by atoms with E-state index in [9.17, 15) is 4.79 Å². The minimum Gasteiger partial charge on any atom is -0.472 e. The zero-order chi connectivity index (χ0) is 15.6. The van der Waals surface area contributed by atoms with Gasteiger partial charge in [0.2, 0.25) is 5.91 Å². The largest absolute Gasteiger partial charge is 0.472 e. The van der Waals surface area contributed by atoms with Crippen LogP contribution in [0, 0.1) is 0 Å². The van der Waals surface area contributed by atoms with Crippen molar-refractivity contribution in [3.8, 4) is 10.6 Å². The zero-order valence-electron chi connectivity index (χ0n) is 12.3. The molecular formula is C16H15N3O2S2. The number of carbonyl (C=O) groups is 1. The lowest BCUT2D eigenvalue weighted by atomic mass is 10.1. The number of nitrogens with zero attached hydrogens (tertiary/aromatic N) is 2. The number of furan rings is 1. The third-order valence-corrected chi connectivity index (χ3v) is 5.67. The predicted molar refractivity (Wildman–Crippen MR) is 90.3 cm³/mol. The molecule has 0 saturated carbocycles. The molecule has 3 aromatic rings. The summed E-state index contributed by atoms with van der Waals surface area (Å²) in [6.45, 7) is 2.18. The molecule has 23 heavy (non-hydrogen) atoms. The quantitative estimate of drug-likeness (QED) is 0.789. The highest BCUT2D eigenvalue weighted by atomic mass is 32.1. The molecule has 3 aromatic heterocycles. The molecule has 0 radical (unpaired) electrons. The third-order valence-electron chi connectivity index (χ3n) is 3.81. The number of thiophene rings is 1. The number of piperazine rings is 1. The van der Waals surface area contributed by atoms with Gasteiger partial charge in [0.05, 0.1) is 12.0 Å². The number of hydrogen-bond donors (Lipinski definition) is 1. The van der Waals surface area contributed by atoms with Gasteiger partial charge in [-0.1, -0.05) is 6.07 Å². The molecule has 0 aliphatic carbocycles. The fraction of sp³-hybridized carbons (Fsp3) is 0.250. The fourth-order valence-corrected chi connectivity index (χ4v) is 4.40. The van der Waals surface area contributed by atoms with Gasteiger partial charge in [-0.05, 0) is 17.5 Å². The van der Waals surface area contributed by atoms with Crippen LogP contribution in [-0.4, -0.2) is 28.9 Å². The number of thiazole rings is 1. The van der Waals surface area contributed by atoms with Gasteiger partial charge in [-0.2, -0.15) is 0 Å². The molecule has 1 atom stereocenters. The maximum absolute atomic E-state index is 12.3. The van der Waals surface area contributed by atoms with Crippen molar-refractivity contribution in [2.24, 2.45) is 0 Å². The lowest BCUT2D eigenvalue weighted by Gasteiger charge is -2.33. The van der Waals surface area contributed by atoms with Gasteiger partial charge in [0.15, 0.2) is 0 Å². The number of rotatable bonds is 4. The topological polar surface area (TPSA) is 58.4 Å². The summed E-state index contributed by atoms with van der Waals surface area (Å²) in [4.78, 5) is 20.3. The Hall–Kier alpha value is -1.96. The highest BCUT2D eigenvalue weighted by molar-refractivity contribution is 7.13. The van der Waals surface area contributed by atoms with Gasteiger partial charge < -0.3 is 9.73 Å². The molecule has 118 valence electrons. The Balaban J connectivity index is 1.56. The van der Waals surface area contributed by atoms with E-state index in [0.717, 1.165) is 27.7 Å². The van der Waals surface area contributed by atoms with Crippen LogP contribution in [0.25, 0.3) is 10.6 Å². The van der Waals surface area contributed by atoms with E-state index in [-0.39, 0.29) is 11.9 Å². The average Bonchev–Trinajstić information content (AvgIpc) is 3.30. The Bertz CT molecular complexity index is 780. The summed E-state index contributed by atoms with van der Waals surface area (Å²) in [5.41, 5.74) is 1.98. The second-order valence-electron chi connectivity index (χ2n) is 5.34. The standard InChI is InChI=1S/C16H15N3O2S2/c20-15-14(13-2-1-7-22-13)19(5-4-17-15)8-12-10-23-16(18-12)11-3-6-21-9-11/h1-3,6-7,9-10,14H,4-5,8H2,(H,17,20)/t14-/m1/s1. The second kappa shape index (κ2) is 6.27. The first kappa shape index (κ1) is 14.6. The first-order valence-electron chi connectivity index (χ1n) is 7.33. The summed E-state index contributed by atoms with van der Waals surface area (Å²) < 4.78 is 5.11.